The van der Waals surface area contributed by atoms with E-state index in [0.29, 0.717) is 12.3 Å². The van der Waals surface area contributed by atoms with Gasteiger partial charge in [-0.2, -0.15) is 0 Å². The molecule has 0 fully saturated rings. The Morgan fingerprint density at radius 3 is 2.35 bits per heavy atom. The molecule has 0 saturated heterocycles. The van der Waals surface area contributed by atoms with E-state index in [1.54, 1.807) is 13.0 Å². The van der Waals surface area contributed by atoms with E-state index >= 15 is 0 Å². The van der Waals surface area contributed by atoms with Gasteiger partial charge in [0.05, 0.1) is 7.11 Å². The lowest BCUT2D eigenvalue weighted by Crippen LogP contribution is -2.42. The predicted molar refractivity (Wildman–Crippen MR) is 67.4 cm³/mol. The summed E-state index contributed by atoms with van der Waals surface area (Å²) in [7, 11) is 1.31. The fraction of sp³-hybridized carbons (Fsp3) is 0.692. The van der Waals surface area contributed by atoms with E-state index in [0.717, 1.165) is 6.42 Å². The molecule has 0 rings (SSSR count). The first-order chi connectivity index (χ1) is 7.92. The molecule has 0 aromatic rings. The Labute approximate surface area is 103 Å². The van der Waals surface area contributed by atoms with E-state index < -0.39 is 12.0 Å². The van der Waals surface area contributed by atoms with Crippen molar-refractivity contribution in [3.05, 3.63) is 12.7 Å². The average Bonchev–Trinajstić information content (AvgIpc) is 2.26. The number of amides is 1. The molecule has 0 aromatic carbocycles. The molecule has 98 valence electrons. The van der Waals surface area contributed by atoms with Gasteiger partial charge in [0.1, 0.15) is 6.04 Å². The molecule has 0 heterocycles. The van der Waals surface area contributed by atoms with Crippen LogP contribution >= 0.6 is 0 Å². The highest BCUT2D eigenvalue weighted by molar-refractivity contribution is 5.85. The Balaban J connectivity index is 4.40. The summed E-state index contributed by atoms with van der Waals surface area (Å²) in [5, 5.41) is 2.66. The van der Waals surface area contributed by atoms with Crippen LogP contribution in [0.3, 0.4) is 0 Å². The first-order valence-electron chi connectivity index (χ1n) is 5.91. The summed E-state index contributed by atoms with van der Waals surface area (Å²) >= 11 is 0. The van der Waals surface area contributed by atoms with Crippen molar-refractivity contribution in [2.45, 2.75) is 39.7 Å². The maximum absolute atomic E-state index is 11.9. The Kier molecular flexibility index (Phi) is 7.26. The van der Waals surface area contributed by atoms with Crippen LogP contribution in [0.2, 0.25) is 0 Å². The lowest BCUT2D eigenvalue weighted by molar-refractivity contribution is -0.145. The molecule has 4 nitrogen and oxygen atoms in total. The summed E-state index contributed by atoms with van der Waals surface area (Å²) in [6.45, 7) is 9.39. The number of methoxy groups -OCH3 is 1. The van der Waals surface area contributed by atoms with Gasteiger partial charge in [0, 0.05) is 5.92 Å². The Morgan fingerprint density at radius 2 is 1.94 bits per heavy atom. The zero-order valence-corrected chi connectivity index (χ0v) is 11.2. The van der Waals surface area contributed by atoms with Crippen LogP contribution in [-0.4, -0.2) is 25.0 Å². The van der Waals surface area contributed by atoms with Crippen molar-refractivity contribution in [2.24, 2.45) is 11.8 Å². The third-order valence-electron chi connectivity index (χ3n) is 2.49. The number of rotatable bonds is 7. The second-order valence-electron chi connectivity index (χ2n) is 4.60. The largest absolute Gasteiger partial charge is 0.467 e. The van der Waals surface area contributed by atoms with Crippen molar-refractivity contribution in [1.29, 1.82) is 0 Å². The van der Waals surface area contributed by atoms with Crippen molar-refractivity contribution in [3.8, 4) is 0 Å². The first-order valence-corrected chi connectivity index (χ1v) is 5.91. The Morgan fingerprint density at radius 1 is 1.35 bits per heavy atom. The normalized spacial score (nSPS) is 13.9. The van der Waals surface area contributed by atoms with Crippen LogP contribution in [0.4, 0.5) is 0 Å². The first kappa shape index (κ1) is 15.7. The van der Waals surface area contributed by atoms with Crippen molar-refractivity contribution >= 4 is 11.9 Å². The number of carbonyl (C=O) groups is 2. The van der Waals surface area contributed by atoms with Gasteiger partial charge in [0.2, 0.25) is 5.91 Å². The molecule has 0 aromatic heterocycles. The molecule has 0 bridgehead atoms. The Bertz CT molecular complexity index is 274. The van der Waals surface area contributed by atoms with Crippen LogP contribution in [0, 0.1) is 11.8 Å². The summed E-state index contributed by atoms with van der Waals surface area (Å²) < 4.78 is 4.56. The van der Waals surface area contributed by atoms with E-state index in [4.69, 9.17) is 0 Å². The van der Waals surface area contributed by atoms with Crippen LogP contribution in [0.5, 0.6) is 0 Å². The second-order valence-corrected chi connectivity index (χ2v) is 4.60. The molecule has 2 atom stereocenters. The lowest BCUT2D eigenvalue weighted by atomic mass is 9.93. The zero-order chi connectivity index (χ0) is 13.4. The smallest absolute Gasteiger partial charge is 0.328 e. The molecule has 0 spiro atoms. The molecule has 1 unspecified atom stereocenters. The van der Waals surface area contributed by atoms with Gasteiger partial charge in [-0.15, -0.1) is 6.58 Å². The molecule has 0 aliphatic rings. The molecule has 0 saturated carbocycles. The minimum Gasteiger partial charge on any atom is -0.467 e. The van der Waals surface area contributed by atoms with Gasteiger partial charge >= 0.3 is 5.97 Å². The van der Waals surface area contributed by atoms with Gasteiger partial charge in [-0.25, -0.2) is 4.79 Å². The summed E-state index contributed by atoms with van der Waals surface area (Å²) in [5.74, 6) is -0.240. The number of esters is 1. The number of allylic oxidation sites excluding steroid dienone is 1. The topological polar surface area (TPSA) is 55.4 Å². The summed E-state index contributed by atoms with van der Waals surface area (Å²) in [6.07, 6.45) is 3.14. The highest BCUT2D eigenvalue weighted by Crippen LogP contribution is 2.16. The highest BCUT2D eigenvalue weighted by atomic mass is 16.5. The molecular formula is C13H23NO3. The monoisotopic (exact) mass is 241 g/mol. The van der Waals surface area contributed by atoms with Gasteiger partial charge in [-0.1, -0.05) is 19.9 Å². The van der Waals surface area contributed by atoms with Crippen LogP contribution in [-0.2, 0) is 14.3 Å². The summed E-state index contributed by atoms with van der Waals surface area (Å²) in [5.41, 5.74) is 0. The predicted octanol–water partition coefficient (Wildman–Crippen LogP) is 1.90. The van der Waals surface area contributed by atoms with E-state index in [1.165, 1.54) is 7.11 Å². The fourth-order valence-electron chi connectivity index (χ4n) is 1.65. The molecule has 4 heteroatoms. The molecule has 1 N–H and O–H groups in total. The molecule has 1 amide bonds. The molecule has 0 aliphatic heterocycles. The lowest BCUT2D eigenvalue weighted by Gasteiger charge is -2.19. The standard InChI is InChI=1S/C13H23NO3/c1-6-7-11(8-9(2)3)12(15)14-10(4)13(16)17-5/h6,9-11H,1,7-8H2,2-5H3,(H,14,15)/t10?,11-/m1/s1. The average molecular weight is 241 g/mol. The number of hydrogen-bond donors (Lipinski definition) is 1. The maximum atomic E-state index is 11.9. The molecule has 0 aliphatic carbocycles. The number of carbonyl (C=O) groups excluding carboxylic acids is 2. The van der Waals surface area contributed by atoms with Crippen molar-refractivity contribution < 1.29 is 14.3 Å². The van der Waals surface area contributed by atoms with Gasteiger partial charge in [-0.05, 0) is 25.7 Å². The van der Waals surface area contributed by atoms with Crippen molar-refractivity contribution in [2.75, 3.05) is 7.11 Å². The van der Waals surface area contributed by atoms with Crippen LogP contribution < -0.4 is 5.32 Å². The summed E-state index contributed by atoms with van der Waals surface area (Å²) in [6, 6.07) is -0.605. The molecular weight excluding hydrogens is 218 g/mol. The second kappa shape index (κ2) is 7.87. The number of nitrogens with one attached hydrogen (secondary N) is 1. The van der Waals surface area contributed by atoms with Gasteiger partial charge in [-0.3, -0.25) is 4.79 Å². The third kappa shape index (κ3) is 6.09. The minimum absolute atomic E-state index is 0.114. The fourth-order valence-corrected chi connectivity index (χ4v) is 1.65. The van der Waals surface area contributed by atoms with E-state index in [2.05, 4.69) is 30.5 Å². The highest BCUT2D eigenvalue weighted by Gasteiger charge is 2.22. The zero-order valence-electron chi connectivity index (χ0n) is 11.2. The molecule has 17 heavy (non-hydrogen) atoms. The molecule has 0 radical (unpaired) electrons. The van der Waals surface area contributed by atoms with E-state index in [-0.39, 0.29) is 11.8 Å². The van der Waals surface area contributed by atoms with Crippen LogP contribution in [0.25, 0.3) is 0 Å². The van der Waals surface area contributed by atoms with Crippen molar-refractivity contribution in [3.63, 3.8) is 0 Å². The van der Waals surface area contributed by atoms with Gasteiger partial charge in [0.25, 0.3) is 0 Å². The number of ether oxygens (including phenoxy) is 1. The van der Waals surface area contributed by atoms with Gasteiger partial charge < -0.3 is 10.1 Å². The number of hydrogen-bond acceptors (Lipinski definition) is 3. The minimum atomic E-state index is -0.605. The SMILES string of the molecule is C=CC[C@H](CC(C)C)C(=O)NC(C)C(=O)OC. The van der Waals surface area contributed by atoms with E-state index in [9.17, 15) is 9.59 Å². The maximum Gasteiger partial charge on any atom is 0.328 e. The summed E-state index contributed by atoms with van der Waals surface area (Å²) in [4.78, 5) is 23.1. The third-order valence-corrected chi connectivity index (χ3v) is 2.49. The van der Waals surface area contributed by atoms with Crippen LogP contribution in [0.15, 0.2) is 12.7 Å². The van der Waals surface area contributed by atoms with Crippen LogP contribution in [0.1, 0.15) is 33.6 Å². The van der Waals surface area contributed by atoms with Gasteiger partial charge in [0.15, 0.2) is 0 Å². The Hall–Kier alpha value is -1.32. The van der Waals surface area contributed by atoms with E-state index in [1.807, 2.05) is 0 Å². The quantitative estimate of drug-likeness (QED) is 0.547. The van der Waals surface area contributed by atoms with Crippen molar-refractivity contribution in [1.82, 2.24) is 5.32 Å².